The van der Waals surface area contributed by atoms with Crippen LogP contribution in [0.2, 0.25) is 0 Å². The number of ether oxygens (including phenoxy) is 1. The van der Waals surface area contributed by atoms with Gasteiger partial charge < -0.3 is 9.84 Å². The van der Waals surface area contributed by atoms with Gasteiger partial charge >= 0.3 is 5.97 Å². The number of hydrogen-bond donors (Lipinski definition) is 1. The predicted molar refractivity (Wildman–Crippen MR) is 106 cm³/mol. The summed E-state index contributed by atoms with van der Waals surface area (Å²) in [6.45, 7) is 2.19. The Morgan fingerprint density at radius 3 is 2.14 bits per heavy atom. The number of amides is 2. The summed E-state index contributed by atoms with van der Waals surface area (Å²) in [5, 5.41) is 8.74. The zero-order chi connectivity index (χ0) is 17.0. The van der Waals surface area contributed by atoms with Crippen molar-refractivity contribution < 1.29 is 24.2 Å². The van der Waals surface area contributed by atoms with E-state index in [2.05, 4.69) is 0 Å². The first-order valence-corrected chi connectivity index (χ1v) is 9.22. The number of imide groups is 1. The SMILES string of the molecule is CC(=O)N(C(C)=O)c1c(I)c(I)cc(C(=O)OCCO)c1I. The number of benzene rings is 1. The number of anilines is 1. The summed E-state index contributed by atoms with van der Waals surface area (Å²) in [5.41, 5.74) is 0.630. The molecular formula is C13H12I3NO5. The first-order chi connectivity index (χ1) is 10.2. The molecule has 22 heavy (non-hydrogen) atoms. The molecule has 6 nitrogen and oxygen atoms in total. The zero-order valence-electron chi connectivity index (χ0n) is 11.7. The molecule has 2 amide bonds. The Morgan fingerprint density at radius 2 is 1.68 bits per heavy atom. The van der Waals surface area contributed by atoms with Gasteiger partial charge in [0.1, 0.15) is 6.61 Å². The van der Waals surface area contributed by atoms with Gasteiger partial charge in [-0.15, -0.1) is 0 Å². The quantitative estimate of drug-likeness (QED) is 0.310. The van der Waals surface area contributed by atoms with E-state index in [0.717, 1.165) is 8.47 Å². The molecule has 0 atom stereocenters. The van der Waals surface area contributed by atoms with Gasteiger partial charge in [0.15, 0.2) is 0 Å². The Kier molecular flexibility index (Phi) is 7.94. The topological polar surface area (TPSA) is 83.9 Å². The van der Waals surface area contributed by atoms with Gasteiger partial charge in [-0.3, -0.25) is 9.59 Å². The van der Waals surface area contributed by atoms with Gasteiger partial charge in [0, 0.05) is 17.4 Å². The monoisotopic (exact) mass is 643 g/mol. The van der Waals surface area contributed by atoms with E-state index in [0.29, 0.717) is 12.8 Å². The van der Waals surface area contributed by atoms with Crippen LogP contribution in [0.3, 0.4) is 0 Å². The Labute approximate surface area is 168 Å². The highest BCUT2D eigenvalue weighted by Crippen LogP contribution is 2.35. The number of aliphatic hydroxyl groups excluding tert-OH is 1. The van der Waals surface area contributed by atoms with Gasteiger partial charge in [0.05, 0.1) is 25.0 Å². The average Bonchev–Trinajstić information content (AvgIpc) is 2.43. The summed E-state index contributed by atoms with van der Waals surface area (Å²) >= 11 is 5.97. The van der Waals surface area contributed by atoms with Crippen molar-refractivity contribution in [2.45, 2.75) is 13.8 Å². The maximum Gasteiger partial charge on any atom is 0.339 e. The van der Waals surface area contributed by atoms with Crippen molar-refractivity contribution in [3.63, 3.8) is 0 Å². The fourth-order valence-corrected chi connectivity index (χ4v) is 4.32. The number of rotatable bonds is 4. The smallest absolute Gasteiger partial charge is 0.339 e. The van der Waals surface area contributed by atoms with E-state index >= 15 is 0 Å². The third kappa shape index (κ3) is 4.50. The molecule has 0 heterocycles. The van der Waals surface area contributed by atoms with E-state index in [9.17, 15) is 14.4 Å². The molecule has 0 saturated carbocycles. The summed E-state index contributed by atoms with van der Waals surface area (Å²) < 4.78 is 6.80. The van der Waals surface area contributed by atoms with Crippen LogP contribution in [0.15, 0.2) is 6.07 Å². The van der Waals surface area contributed by atoms with Crippen molar-refractivity contribution in [3.05, 3.63) is 22.3 Å². The molecule has 0 aliphatic carbocycles. The lowest BCUT2D eigenvalue weighted by atomic mass is 10.2. The first kappa shape index (κ1) is 20.0. The Morgan fingerprint density at radius 1 is 1.14 bits per heavy atom. The molecule has 9 heteroatoms. The molecule has 0 fully saturated rings. The Bertz CT molecular complexity index is 619. The van der Waals surface area contributed by atoms with E-state index in [1.807, 2.05) is 67.8 Å². The maximum atomic E-state index is 12.1. The van der Waals surface area contributed by atoms with E-state index in [1.165, 1.54) is 13.8 Å². The van der Waals surface area contributed by atoms with Crippen molar-refractivity contribution >= 4 is 91.2 Å². The minimum atomic E-state index is -0.610. The van der Waals surface area contributed by atoms with Crippen molar-refractivity contribution in [2.24, 2.45) is 0 Å². The highest BCUT2D eigenvalue weighted by Gasteiger charge is 2.27. The summed E-state index contributed by atoms with van der Waals surface area (Å²) in [5.74, 6) is -1.47. The molecule has 0 spiro atoms. The minimum absolute atomic E-state index is 0.115. The van der Waals surface area contributed by atoms with Gasteiger partial charge in [-0.05, 0) is 73.8 Å². The number of aliphatic hydroxyl groups is 1. The molecule has 0 aliphatic rings. The third-order valence-electron chi connectivity index (χ3n) is 2.53. The third-order valence-corrected chi connectivity index (χ3v) is 6.60. The van der Waals surface area contributed by atoms with E-state index in [4.69, 9.17) is 9.84 Å². The van der Waals surface area contributed by atoms with Crippen LogP contribution in [0.5, 0.6) is 0 Å². The number of hydrogen-bond acceptors (Lipinski definition) is 5. The summed E-state index contributed by atoms with van der Waals surface area (Å²) in [4.78, 5) is 36.7. The van der Waals surface area contributed by atoms with Crippen LogP contribution in [0, 0.1) is 10.7 Å². The highest BCUT2D eigenvalue weighted by molar-refractivity contribution is 14.1. The zero-order valence-corrected chi connectivity index (χ0v) is 18.1. The number of carbonyl (C=O) groups excluding carboxylic acids is 3. The van der Waals surface area contributed by atoms with Crippen LogP contribution < -0.4 is 4.90 Å². The second-order valence-electron chi connectivity index (χ2n) is 4.12. The molecular weight excluding hydrogens is 631 g/mol. The van der Waals surface area contributed by atoms with Crippen LogP contribution in [0.1, 0.15) is 24.2 Å². The summed E-state index contributed by atoms with van der Waals surface area (Å²) in [7, 11) is 0. The molecule has 0 saturated heterocycles. The van der Waals surface area contributed by atoms with Gasteiger partial charge in [0.2, 0.25) is 11.8 Å². The van der Waals surface area contributed by atoms with Crippen LogP contribution in [0.4, 0.5) is 5.69 Å². The van der Waals surface area contributed by atoms with Crippen LogP contribution >= 0.6 is 67.8 Å². The summed E-state index contributed by atoms with van der Waals surface area (Å²) in [6.07, 6.45) is 0. The van der Waals surface area contributed by atoms with Crippen molar-refractivity contribution in [3.8, 4) is 0 Å². The minimum Gasteiger partial charge on any atom is -0.460 e. The molecule has 0 bridgehead atoms. The molecule has 1 rings (SSSR count). The first-order valence-electron chi connectivity index (χ1n) is 5.99. The van der Waals surface area contributed by atoms with E-state index in [-0.39, 0.29) is 18.8 Å². The predicted octanol–water partition coefficient (Wildman–Crippen LogP) is 2.55. The molecule has 0 aliphatic heterocycles. The van der Waals surface area contributed by atoms with Gasteiger partial charge in [-0.25, -0.2) is 9.69 Å². The lowest BCUT2D eigenvalue weighted by Gasteiger charge is -2.22. The van der Waals surface area contributed by atoms with Gasteiger partial charge in [0.25, 0.3) is 0 Å². The number of carbonyl (C=O) groups is 3. The molecule has 0 unspecified atom stereocenters. The largest absolute Gasteiger partial charge is 0.460 e. The number of nitrogens with zero attached hydrogens (tertiary/aromatic N) is 1. The lowest BCUT2D eigenvalue weighted by Crippen LogP contribution is -2.35. The maximum absolute atomic E-state index is 12.1. The van der Waals surface area contributed by atoms with E-state index < -0.39 is 17.8 Å². The average molecular weight is 643 g/mol. The van der Waals surface area contributed by atoms with Crippen molar-refractivity contribution in [2.75, 3.05) is 18.1 Å². The fraction of sp³-hybridized carbons (Fsp3) is 0.308. The fourth-order valence-electron chi connectivity index (χ4n) is 1.69. The molecule has 1 aromatic rings. The van der Waals surface area contributed by atoms with Crippen LogP contribution in [0.25, 0.3) is 0 Å². The Hall–Kier alpha value is -0.0200. The second kappa shape index (κ2) is 8.73. The highest BCUT2D eigenvalue weighted by atomic mass is 127. The molecule has 1 aromatic carbocycles. The van der Waals surface area contributed by atoms with E-state index in [1.54, 1.807) is 6.07 Å². The molecule has 120 valence electrons. The Balaban J connectivity index is 3.51. The lowest BCUT2D eigenvalue weighted by molar-refractivity contribution is -0.124. The van der Waals surface area contributed by atoms with Crippen LogP contribution in [-0.4, -0.2) is 36.1 Å². The van der Waals surface area contributed by atoms with Crippen LogP contribution in [-0.2, 0) is 14.3 Å². The summed E-state index contributed by atoms with van der Waals surface area (Å²) in [6, 6.07) is 1.63. The standard InChI is InChI=1S/C13H12I3NO5/c1-6(19)17(7(2)20)12-10(15)8(5-9(14)11(12)16)13(21)22-4-3-18/h5,18H,3-4H2,1-2H3. The molecule has 0 radical (unpaired) electrons. The van der Waals surface area contributed by atoms with Gasteiger partial charge in [-0.2, -0.15) is 0 Å². The van der Waals surface area contributed by atoms with Crippen molar-refractivity contribution in [1.29, 1.82) is 0 Å². The number of halogens is 3. The molecule has 1 N–H and O–H groups in total. The second-order valence-corrected chi connectivity index (χ2v) is 7.44. The normalized spacial score (nSPS) is 10.3. The number of esters is 1. The van der Waals surface area contributed by atoms with Gasteiger partial charge in [-0.1, -0.05) is 0 Å². The van der Waals surface area contributed by atoms with Crippen molar-refractivity contribution in [1.82, 2.24) is 0 Å². The molecule has 0 aromatic heterocycles.